The summed E-state index contributed by atoms with van der Waals surface area (Å²) in [6, 6.07) is 13.9. The molecular formula is C26H34N2O4. The van der Waals surface area contributed by atoms with Gasteiger partial charge in [-0.15, -0.1) is 0 Å². The van der Waals surface area contributed by atoms with Crippen molar-refractivity contribution in [3.8, 4) is 17.2 Å². The third-order valence-electron chi connectivity index (χ3n) is 6.65. The maximum atomic E-state index is 13.0. The Morgan fingerprint density at radius 1 is 0.938 bits per heavy atom. The zero-order chi connectivity index (χ0) is 22.3. The van der Waals surface area contributed by atoms with E-state index >= 15 is 0 Å². The molecule has 0 bridgehead atoms. The minimum atomic E-state index is -0.168. The smallest absolute Gasteiger partial charge is 0.255 e. The number of nitrogens with zero attached hydrogens (tertiary/aromatic N) is 1. The molecule has 1 aliphatic carbocycles. The molecule has 6 heteroatoms. The maximum Gasteiger partial charge on any atom is 0.255 e. The van der Waals surface area contributed by atoms with Crippen LogP contribution in [0.5, 0.6) is 17.2 Å². The van der Waals surface area contributed by atoms with Crippen LogP contribution in [-0.4, -0.2) is 50.3 Å². The van der Waals surface area contributed by atoms with Crippen molar-refractivity contribution in [2.24, 2.45) is 0 Å². The third kappa shape index (κ3) is 5.54. The number of benzene rings is 2. The van der Waals surface area contributed by atoms with Gasteiger partial charge in [0.25, 0.3) is 5.91 Å². The van der Waals surface area contributed by atoms with E-state index in [9.17, 15) is 4.79 Å². The Labute approximate surface area is 190 Å². The molecule has 4 rings (SSSR count). The lowest BCUT2D eigenvalue weighted by Gasteiger charge is -2.36. The topological polar surface area (TPSA) is 60.0 Å². The van der Waals surface area contributed by atoms with Gasteiger partial charge in [-0.05, 0) is 61.6 Å². The van der Waals surface area contributed by atoms with Gasteiger partial charge < -0.3 is 24.4 Å². The van der Waals surface area contributed by atoms with Crippen LogP contribution in [0.15, 0.2) is 42.5 Å². The molecular weight excluding hydrogens is 404 g/mol. The summed E-state index contributed by atoms with van der Waals surface area (Å²) in [5.41, 5.74) is 1.51. The van der Waals surface area contributed by atoms with Gasteiger partial charge in [0.2, 0.25) is 0 Å². The Bertz CT molecular complexity index is 885. The van der Waals surface area contributed by atoms with E-state index in [0.717, 1.165) is 43.3 Å². The molecule has 1 saturated carbocycles. The average Bonchev–Trinajstić information content (AvgIpc) is 3.38. The number of methoxy groups -OCH3 is 2. The average molecular weight is 439 g/mol. The summed E-state index contributed by atoms with van der Waals surface area (Å²) in [6.07, 6.45) is 7.52. The lowest BCUT2D eigenvalue weighted by molar-refractivity contribution is 0.0749. The Kier molecular flexibility index (Phi) is 7.53. The highest BCUT2D eigenvalue weighted by atomic mass is 16.5. The van der Waals surface area contributed by atoms with Crippen LogP contribution in [0.3, 0.4) is 0 Å². The lowest BCUT2D eigenvalue weighted by Crippen LogP contribution is -2.43. The SMILES string of the molecule is COc1ccc(CNC(=O)c2cc(OC)ccc2OC2CCN(C3CCCC3)CC2)cc1. The van der Waals surface area contributed by atoms with E-state index in [4.69, 9.17) is 14.2 Å². The number of hydrogen-bond acceptors (Lipinski definition) is 5. The van der Waals surface area contributed by atoms with Crippen LogP contribution in [-0.2, 0) is 6.54 Å². The predicted molar refractivity (Wildman–Crippen MR) is 125 cm³/mol. The minimum absolute atomic E-state index is 0.134. The van der Waals surface area contributed by atoms with Crippen molar-refractivity contribution in [3.05, 3.63) is 53.6 Å². The van der Waals surface area contributed by atoms with Crippen LogP contribution < -0.4 is 19.5 Å². The largest absolute Gasteiger partial charge is 0.497 e. The molecule has 6 nitrogen and oxygen atoms in total. The molecule has 2 fully saturated rings. The molecule has 0 spiro atoms. The number of nitrogens with one attached hydrogen (secondary N) is 1. The summed E-state index contributed by atoms with van der Waals surface area (Å²) in [6.45, 7) is 2.58. The van der Waals surface area contributed by atoms with Crippen molar-refractivity contribution < 1.29 is 19.0 Å². The second-order valence-electron chi connectivity index (χ2n) is 8.68. The van der Waals surface area contributed by atoms with Crippen LogP contribution in [0.1, 0.15) is 54.4 Å². The van der Waals surface area contributed by atoms with Crippen LogP contribution in [0.4, 0.5) is 0 Å². The molecule has 32 heavy (non-hydrogen) atoms. The zero-order valence-electron chi connectivity index (χ0n) is 19.1. The van der Waals surface area contributed by atoms with Crippen molar-refractivity contribution in [1.29, 1.82) is 0 Å². The summed E-state index contributed by atoms with van der Waals surface area (Å²) in [5.74, 6) is 1.89. The number of piperidine rings is 1. The first kappa shape index (κ1) is 22.5. The zero-order valence-corrected chi connectivity index (χ0v) is 19.1. The molecule has 2 aromatic carbocycles. The van der Waals surface area contributed by atoms with Gasteiger partial charge in [-0.1, -0.05) is 25.0 Å². The minimum Gasteiger partial charge on any atom is -0.497 e. The number of carbonyl (C=O) groups is 1. The molecule has 1 N–H and O–H groups in total. The quantitative estimate of drug-likeness (QED) is 0.661. The number of hydrogen-bond donors (Lipinski definition) is 1. The fourth-order valence-corrected chi connectivity index (χ4v) is 4.74. The Balaban J connectivity index is 1.38. The monoisotopic (exact) mass is 438 g/mol. The molecule has 1 amide bonds. The van der Waals surface area contributed by atoms with Gasteiger partial charge in [-0.2, -0.15) is 0 Å². The molecule has 0 radical (unpaired) electrons. The molecule has 0 unspecified atom stereocenters. The fourth-order valence-electron chi connectivity index (χ4n) is 4.74. The first-order valence-electron chi connectivity index (χ1n) is 11.7. The van der Waals surface area contributed by atoms with Crippen LogP contribution in [0, 0.1) is 0 Å². The number of ether oxygens (including phenoxy) is 3. The van der Waals surface area contributed by atoms with E-state index in [1.807, 2.05) is 36.4 Å². The van der Waals surface area contributed by atoms with E-state index in [1.54, 1.807) is 20.3 Å². The van der Waals surface area contributed by atoms with Crippen LogP contribution >= 0.6 is 0 Å². The highest BCUT2D eigenvalue weighted by Crippen LogP contribution is 2.30. The van der Waals surface area contributed by atoms with Crippen LogP contribution in [0.2, 0.25) is 0 Å². The normalized spacial score (nSPS) is 17.8. The van der Waals surface area contributed by atoms with Crippen molar-refractivity contribution in [3.63, 3.8) is 0 Å². The summed E-state index contributed by atoms with van der Waals surface area (Å²) >= 11 is 0. The molecule has 2 aromatic rings. The van der Waals surface area contributed by atoms with Gasteiger partial charge in [-0.25, -0.2) is 0 Å². The van der Waals surface area contributed by atoms with Crippen molar-refractivity contribution >= 4 is 5.91 Å². The van der Waals surface area contributed by atoms with Crippen molar-refractivity contribution in [2.75, 3.05) is 27.3 Å². The van der Waals surface area contributed by atoms with Gasteiger partial charge in [0.05, 0.1) is 19.8 Å². The number of rotatable bonds is 8. The Hall–Kier alpha value is -2.73. The van der Waals surface area contributed by atoms with E-state index in [0.29, 0.717) is 23.6 Å². The molecule has 1 saturated heterocycles. The van der Waals surface area contributed by atoms with E-state index in [-0.39, 0.29) is 12.0 Å². The Morgan fingerprint density at radius 2 is 1.59 bits per heavy atom. The van der Waals surface area contributed by atoms with Gasteiger partial charge in [0.1, 0.15) is 23.4 Å². The van der Waals surface area contributed by atoms with Gasteiger partial charge in [-0.3, -0.25) is 4.79 Å². The second kappa shape index (κ2) is 10.7. The number of amides is 1. The van der Waals surface area contributed by atoms with Gasteiger partial charge >= 0.3 is 0 Å². The van der Waals surface area contributed by atoms with E-state index < -0.39 is 0 Å². The molecule has 2 aliphatic rings. The van der Waals surface area contributed by atoms with E-state index in [2.05, 4.69) is 10.2 Å². The summed E-state index contributed by atoms with van der Waals surface area (Å²) in [4.78, 5) is 15.6. The summed E-state index contributed by atoms with van der Waals surface area (Å²) in [7, 11) is 3.24. The molecule has 0 aromatic heterocycles. The molecule has 0 atom stereocenters. The van der Waals surface area contributed by atoms with Gasteiger partial charge in [0, 0.05) is 25.7 Å². The molecule has 1 heterocycles. The Morgan fingerprint density at radius 3 is 2.25 bits per heavy atom. The van der Waals surface area contributed by atoms with Crippen LogP contribution in [0.25, 0.3) is 0 Å². The standard InChI is InChI=1S/C26H34N2O4/c1-30-21-9-7-19(8-10-21)18-27-26(29)24-17-23(31-2)11-12-25(24)32-22-13-15-28(16-14-22)20-5-3-4-6-20/h7-12,17,20,22H,3-6,13-16,18H2,1-2H3,(H,27,29). The molecule has 1 aliphatic heterocycles. The predicted octanol–water partition coefficient (Wildman–Crippen LogP) is 4.42. The summed E-state index contributed by atoms with van der Waals surface area (Å²) < 4.78 is 16.9. The van der Waals surface area contributed by atoms with Gasteiger partial charge in [0.15, 0.2) is 0 Å². The summed E-state index contributed by atoms with van der Waals surface area (Å²) in [5, 5.41) is 3.00. The third-order valence-corrected chi connectivity index (χ3v) is 6.65. The second-order valence-corrected chi connectivity index (χ2v) is 8.68. The highest BCUT2D eigenvalue weighted by Gasteiger charge is 2.28. The number of carbonyl (C=O) groups excluding carboxylic acids is 1. The highest BCUT2D eigenvalue weighted by molar-refractivity contribution is 5.97. The van der Waals surface area contributed by atoms with Crippen molar-refractivity contribution in [2.45, 2.75) is 57.2 Å². The maximum absolute atomic E-state index is 13.0. The first-order valence-corrected chi connectivity index (χ1v) is 11.7. The van der Waals surface area contributed by atoms with Crippen molar-refractivity contribution in [1.82, 2.24) is 10.2 Å². The fraction of sp³-hybridized carbons (Fsp3) is 0.500. The first-order chi connectivity index (χ1) is 15.7. The number of likely N-dealkylation sites (tertiary alicyclic amines) is 1. The lowest BCUT2D eigenvalue weighted by atomic mass is 10.0. The molecule has 172 valence electrons. The van der Waals surface area contributed by atoms with E-state index in [1.165, 1.54) is 25.7 Å².